The van der Waals surface area contributed by atoms with Crippen LogP contribution >= 0.6 is 0 Å². The summed E-state index contributed by atoms with van der Waals surface area (Å²) < 4.78 is 39.6. The van der Waals surface area contributed by atoms with Crippen LogP contribution in [0.2, 0.25) is 0 Å². The molecular formula is C15H12FNO2S. The molecule has 0 fully saturated rings. The summed E-state index contributed by atoms with van der Waals surface area (Å²) in [5.41, 5.74) is 1.32. The summed E-state index contributed by atoms with van der Waals surface area (Å²) in [5, 5.41) is 0.682. The van der Waals surface area contributed by atoms with E-state index in [2.05, 4.69) is 0 Å². The minimum atomic E-state index is -3.71. The SMILES string of the molecule is Cc1ccc(S(=O)(=O)n2ccc3ccc([18F])cc32)cc1. The van der Waals surface area contributed by atoms with Crippen LogP contribution < -0.4 is 0 Å². The van der Waals surface area contributed by atoms with Gasteiger partial charge in [-0.25, -0.2) is 16.8 Å². The average molecular weight is 288 g/mol. The van der Waals surface area contributed by atoms with Gasteiger partial charge in [0, 0.05) is 11.6 Å². The zero-order chi connectivity index (χ0) is 14.3. The van der Waals surface area contributed by atoms with Gasteiger partial charge >= 0.3 is 0 Å². The Morgan fingerprint density at radius 3 is 2.40 bits per heavy atom. The van der Waals surface area contributed by atoms with Crippen LogP contribution in [0.5, 0.6) is 0 Å². The lowest BCUT2D eigenvalue weighted by Gasteiger charge is -2.08. The topological polar surface area (TPSA) is 39.1 Å². The monoisotopic (exact) mass is 288 g/mol. The van der Waals surface area contributed by atoms with E-state index in [4.69, 9.17) is 0 Å². The zero-order valence-corrected chi connectivity index (χ0v) is 11.6. The molecule has 5 heteroatoms. The first kappa shape index (κ1) is 12.9. The molecule has 0 aliphatic heterocycles. The van der Waals surface area contributed by atoms with Crippen molar-refractivity contribution in [2.75, 3.05) is 0 Å². The summed E-state index contributed by atoms with van der Waals surface area (Å²) in [5.74, 6) is -0.462. The molecule has 102 valence electrons. The highest BCUT2D eigenvalue weighted by Gasteiger charge is 2.18. The quantitative estimate of drug-likeness (QED) is 0.725. The lowest BCUT2D eigenvalue weighted by molar-refractivity contribution is 0.589. The Balaban J connectivity index is 2.23. The Labute approximate surface area is 116 Å². The average Bonchev–Trinajstić information content (AvgIpc) is 2.82. The van der Waals surface area contributed by atoms with Crippen LogP contribution in [0.25, 0.3) is 10.9 Å². The van der Waals surface area contributed by atoms with E-state index in [0.29, 0.717) is 10.9 Å². The summed E-state index contributed by atoms with van der Waals surface area (Å²) in [4.78, 5) is 0.185. The van der Waals surface area contributed by atoms with Gasteiger partial charge in [-0.3, -0.25) is 0 Å². The number of aryl methyl sites for hydroxylation is 1. The fourth-order valence-corrected chi connectivity index (χ4v) is 3.46. The van der Waals surface area contributed by atoms with Crippen molar-refractivity contribution in [2.24, 2.45) is 0 Å². The van der Waals surface area contributed by atoms with Crippen LogP contribution in [-0.4, -0.2) is 12.4 Å². The summed E-state index contributed by atoms with van der Waals surface area (Å²) in [6, 6.07) is 12.3. The number of benzene rings is 2. The van der Waals surface area contributed by atoms with E-state index < -0.39 is 15.8 Å². The van der Waals surface area contributed by atoms with Gasteiger partial charge in [0.1, 0.15) is 5.82 Å². The minimum absolute atomic E-state index is 0.185. The van der Waals surface area contributed by atoms with Crippen LogP contribution in [0.3, 0.4) is 0 Å². The van der Waals surface area contributed by atoms with E-state index >= 15 is 0 Å². The van der Waals surface area contributed by atoms with Gasteiger partial charge in [0.25, 0.3) is 10.0 Å². The Bertz CT molecular complexity index is 880. The van der Waals surface area contributed by atoms with Gasteiger partial charge in [-0.1, -0.05) is 17.7 Å². The Morgan fingerprint density at radius 2 is 1.70 bits per heavy atom. The Morgan fingerprint density at radius 1 is 1.00 bits per heavy atom. The molecule has 1 aromatic heterocycles. The van der Waals surface area contributed by atoms with Crippen molar-refractivity contribution >= 4 is 20.9 Å². The first-order valence-electron chi connectivity index (χ1n) is 6.07. The Hall–Kier alpha value is -2.14. The molecule has 0 aliphatic rings. The third-order valence-corrected chi connectivity index (χ3v) is 4.90. The van der Waals surface area contributed by atoms with Gasteiger partial charge in [-0.2, -0.15) is 0 Å². The van der Waals surface area contributed by atoms with E-state index in [1.807, 2.05) is 6.92 Å². The van der Waals surface area contributed by atoms with Crippen LogP contribution in [0.4, 0.5) is 4.39 Å². The maximum Gasteiger partial charge on any atom is 0.268 e. The van der Waals surface area contributed by atoms with Gasteiger partial charge in [-0.15, -0.1) is 0 Å². The van der Waals surface area contributed by atoms with Crippen molar-refractivity contribution in [3.8, 4) is 0 Å². The second kappa shape index (κ2) is 4.45. The summed E-state index contributed by atoms with van der Waals surface area (Å²) >= 11 is 0. The normalized spacial score (nSPS) is 11.9. The number of fused-ring (bicyclic) bond motifs is 1. The van der Waals surface area contributed by atoms with Crippen LogP contribution in [0, 0.1) is 12.7 Å². The highest BCUT2D eigenvalue weighted by Crippen LogP contribution is 2.23. The molecule has 0 N–H and O–H groups in total. The first-order valence-corrected chi connectivity index (χ1v) is 7.51. The number of hydrogen-bond donors (Lipinski definition) is 0. The maximum absolute atomic E-state index is 13.3. The van der Waals surface area contributed by atoms with Crippen LogP contribution in [-0.2, 0) is 10.0 Å². The fraction of sp³-hybridized carbons (Fsp3) is 0.0667. The number of nitrogens with zero attached hydrogens (tertiary/aromatic N) is 1. The number of rotatable bonds is 2. The molecule has 1 heterocycles. The molecule has 0 unspecified atom stereocenters. The fourth-order valence-electron chi connectivity index (χ4n) is 2.11. The van der Waals surface area contributed by atoms with Gasteiger partial charge in [-0.05, 0) is 43.3 Å². The predicted molar refractivity (Wildman–Crippen MR) is 75.7 cm³/mol. The third-order valence-electron chi connectivity index (χ3n) is 3.20. The molecular weight excluding hydrogens is 276 g/mol. The summed E-state index contributed by atoms with van der Waals surface area (Å²) in [7, 11) is -3.71. The zero-order valence-electron chi connectivity index (χ0n) is 10.7. The highest BCUT2D eigenvalue weighted by atomic mass is 32.2. The molecule has 0 amide bonds. The third kappa shape index (κ3) is 2.00. The molecule has 0 spiro atoms. The molecule has 2 aromatic carbocycles. The molecule has 0 atom stereocenters. The van der Waals surface area contributed by atoms with Crippen molar-refractivity contribution in [3.63, 3.8) is 0 Å². The summed E-state index contributed by atoms with van der Waals surface area (Å²) in [6.45, 7) is 1.89. The second-order valence-electron chi connectivity index (χ2n) is 4.63. The van der Waals surface area contributed by atoms with Gasteiger partial charge in [0.05, 0.1) is 10.4 Å². The van der Waals surface area contributed by atoms with Crippen molar-refractivity contribution in [3.05, 3.63) is 66.1 Å². The molecule has 0 saturated heterocycles. The second-order valence-corrected chi connectivity index (χ2v) is 6.45. The van der Waals surface area contributed by atoms with Gasteiger partial charge in [0.15, 0.2) is 0 Å². The Kier molecular flexibility index (Phi) is 2.87. The molecule has 0 aliphatic carbocycles. The van der Waals surface area contributed by atoms with Gasteiger partial charge in [0.2, 0.25) is 0 Å². The van der Waals surface area contributed by atoms with E-state index in [-0.39, 0.29) is 4.90 Å². The molecule has 0 radical (unpaired) electrons. The van der Waals surface area contributed by atoms with Crippen molar-refractivity contribution < 1.29 is 12.8 Å². The lowest BCUT2D eigenvalue weighted by atomic mass is 10.2. The van der Waals surface area contributed by atoms with E-state index in [1.54, 1.807) is 36.4 Å². The highest BCUT2D eigenvalue weighted by molar-refractivity contribution is 7.90. The first-order chi connectivity index (χ1) is 9.48. The number of hydrogen-bond acceptors (Lipinski definition) is 2. The molecule has 3 nitrogen and oxygen atoms in total. The number of aromatic nitrogens is 1. The van der Waals surface area contributed by atoms with Crippen LogP contribution in [0.1, 0.15) is 5.56 Å². The molecule has 0 saturated carbocycles. The largest absolute Gasteiger partial charge is 0.268 e. The minimum Gasteiger partial charge on any atom is -0.241 e. The van der Waals surface area contributed by atoms with Crippen LogP contribution in [0.15, 0.2) is 59.6 Å². The van der Waals surface area contributed by atoms with E-state index in [1.165, 1.54) is 18.3 Å². The summed E-state index contributed by atoms with van der Waals surface area (Å²) in [6.07, 6.45) is 1.44. The van der Waals surface area contributed by atoms with Crippen molar-refractivity contribution in [1.29, 1.82) is 0 Å². The standard InChI is InChI=1S/C15H12FNO2S/c1-11-2-6-14(7-3-11)20(18,19)17-9-8-12-4-5-13(16)10-15(12)17/h2-10H,1H3/i16-1. The molecule has 3 rings (SSSR count). The molecule has 0 bridgehead atoms. The van der Waals surface area contributed by atoms with Gasteiger partial charge < -0.3 is 0 Å². The van der Waals surface area contributed by atoms with Crippen molar-refractivity contribution in [1.82, 2.24) is 3.97 Å². The number of halogens is 1. The molecule has 20 heavy (non-hydrogen) atoms. The maximum atomic E-state index is 13.3. The van der Waals surface area contributed by atoms with E-state index in [9.17, 15) is 12.8 Å². The smallest absolute Gasteiger partial charge is 0.241 e. The molecule has 3 aromatic rings. The van der Waals surface area contributed by atoms with Crippen molar-refractivity contribution in [2.45, 2.75) is 11.8 Å². The predicted octanol–water partition coefficient (Wildman–Crippen LogP) is 3.33. The van der Waals surface area contributed by atoms with E-state index in [0.717, 1.165) is 9.54 Å². The lowest BCUT2D eigenvalue weighted by Crippen LogP contribution is -2.11.